The van der Waals surface area contributed by atoms with Gasteiger partial charge in [-0.15, -0.1) is 0 Å². The van der Waals surface area contributed by atoms with Gasteiger partial charge in [-0.05, 0) is 36.4 Å². The quantitative estimate of drug-likeness (QED) is 0.233. The van der Waals surface area contributed by atoms with Gasteiger partial charge in [0, 0.05) is 28.7 Å². The Hall–Kier alpha value is -4.64. The average molecular weight is 445 g/mol. The SMILES string of the molecule is COc1ccc(-n2cc(-c3ccccc3)nc2/N=C(\Nc2ccccc2)c2ccccc2)cc1. The second-order valence-electron chi connectivity index (χ2n) is 7.68. The van der Waals surface area contributed by atoms with Crippen LogP contribution in [0.3, 0.4) is 0 Å². The number of aromatic nitrogens is 2. The van der Waals surface area contributed by atoms with Gasteiger partial charge in [-0.1, -0.05) is 78.9 Å². The number of imidazole rings is 1. The van der Waals surface area contributed by atoms with Crippen molar-refractivity contribution in [3.05, 3.63) is 127 Å². The van der Waals surface area contributed by atoms with Crippen molar-refractivity contribution >= 4 is 17.5 Å². The smallest absolute Gasteiger partial charge is 0.236 e. The standard InChI is InChI=1S/C29H24N4O/c1-34-26-19-17-25(18-20-26)33-21-27(22-11-5-2-6-12-22)31-29(33)32-28(23-13-7-3-8-14-23)30-24-15-9-4-10-16-24/h2-21H,1H3,(H,30,31,32). The van der Waals surface area contributed by atoms with Gasteiger partial charge in [0.2, 0.25) is 5.95 Å². The van der Waals surface area contributed by atoms with Gasteiger partial charge >= 0.3 is 0 Å². The highest BCUT2D eigenvalue weighted by Crippen LogP contribution is 2.27. The van der Waals surface area contributed by atoms with Gasteiger partial charge in [0.15, 0.2) is 0 Å². The van der Waals surface area contributed by atoms with Crippen LogP contribution in [0.1, 0.15) is 5.56 Å². The fourth-order valence-corrected chi connectivity index (χ4v) is 3.65. The van der Waals surface area contributed by atoms with Crippen LogP contribution < -0.4 is 10.1 Å². The average Bonchev–Trinajstić information content (AvgIpc) is 3.34. The summed E-state index contributed by atoms with van der Waals surface area (Å²) in [7, 11) is 1.66. The molecule has 166 valence electrons. The van der Waals surface area contributed by atoms with Crippen molar-refractivity contribution in [3.63, 3.8) is 0 Å². The van der Waals surface area contributed by atoms with Gasteiger partial charge in [0.1, 0.15) is 11.6 Å². The zero-order chi connectivity index (χ0) is 23.2. The molecule has 0 fully saturated rings. The van der Waals surface area contributed by atoms with E-state index in [4.69, 9.17) is 14.7 Å². The fourth-order valence-electron chi connectivity index (χ4n) is 3.65. The van der Waals surface area contributed by atoms with Crippen molar-refractivity contribution in [2.24, 2.45) is 4.99 Å². The van der Waals surface area contributed by atoms with E-state index in [9.17, 15) is 0 Å². The molecule has 0 spiro atoms. The monoisotopic (exact) mass is 444 g/mol. The van der Waals surface area contributed by atoms with Crippen molar-refractivity contribution in [1.29, 1.82) is 0 Å². The summed E-state index contributed by atoms with van der Waals surface area (Å²) >= 11 is 0. The maximum atomic E-state index is 5.34. The van der Waals surface area contributed by atoms with Crippen molar-refractivity contribution < 1.29 is 4.74 Å². The third-order valence-corrected chi connectivity index (χ3v) is 5.40. The van der Waals surface area contributed by atoms with Gasteiger partial charge in [-0.2, -0.15) is 4.99 Å². The van der Waals surface area contributed by atoms with Crippen LogP contribution in [0.25, 0.3) is 16.9 Å². The Labute approximate surface area is 199 Å². The molecular weight excluding hydrogens is 420 g/mol. The topological polar surface area (TPSA) is 51.4 Å². The van der Waals surface area contributed by atoms with E-state index in [0.29, 0.717) is 11.8 Å². The molecule has 5 heteroatoms. The summed E-state index contributed by atoms with van der Waals surface area (Å²) in [5.74, 6) is 2.09. The maximum absolute atomic E-state index is 5.34. The largest absolute Gasteiger partial charge is 0.497 e. The minimum absolute atomic E-state index is 0.575. The van der Waals surface area contributed by atoms with Crippen molar-refractivity contribution in [1.82, 2.24) is 9.55 Å². The number of rotatable bonds is 6. The molecule has 1 heterocycles. The predicted octanol–water partition coefficient (Wildman–Crippen LogP) is 6.74. The highest BCUT2D eigenvalue weighted by atomic mass is 16.5. The van der Waals surface area contributed by atoms with Crippen LogP contribution in [0.4, 0.5) is 11.6 Å². The molecule has 0 aliphatic rings. The van der Waals surface area contributed by atoms with E-state index in [1.54, 1.807) is 7.11 Å². The van der Waals surface area contributed by atoms with Crippen LogP contribution in [0, 0.1) is 0 Å². The Morgan fingerprint density at radius 1 is 0.765 bits per heavy atom. The normalized spacial score (nSPS) is 11.3. The Balaban J connectivity index is 1.65. The number of hydrogen-bond donors (Lipinski definition) is 1. The third-order valence-electron chi connectivity index (χ3n) is 5.40. The number of ether oxygens (including phenoxy) is 1. The highest BCUT2D eigenvalue weighted by Gasteiger charge is 2.13. The number of nitrogens with zero attached hydrogens (tertiary/aromatic N) is 3. The van der Waals surface area contributed by atoms with Crippen LogP contribution in [0.5, 0.6) is 5.75 Å². The highest BCUT2D eigenvalue weighted by molar-refractivity contribution is 6.09. The van der Waals surface area contributed by atoms with Crippen LogP contribution in [0.2, 0.25) is 0 Å². The predicted molar refractivity (Wildman–Crippen MR) is 138 cm³/mol. The molecule has 0 atom stereocenters. The van der Waals surface area contributed by atoms with Crippen molar-refractivity contribution in [2.45, 2.75) is 0 Å². The fraction of sp³-hybridized carbons (Fsp3) is 0.0345. The van der Waals surface area contributed by atoms with E-state index in [1.807, 2.05) is 114 Å². The molecule has 0 saturated heterocycles. The molecule has 5 nitrogen and oxygen atoms in total. The number of anilines is 1. The summed E-state index contributed by atoms with van der Waals surface area (Å²) in [6, 6.07) is 38.1. The van der Waals surface area contributed by atoms with Crippen LogP contribution in [0.15, 0.2) is 126 Å². The van der Waals surface area contributed by atoms with Gasteiger partial charge < -0.3 is 10.1 Å². The molecule has 1 N–H and O–H groups in total. The van der Waals surface area contributed by atoms with E-state index in [0.717, 1.165) is 33.9 Å². The Morgan fingerprint density at radius 3 is 2.03 bits per heavy atom. The van der Waals surface area contributed by atoms with Crippen LogP contribution in [-0.4, -0.2) is 22.5 Å². The lowest BCUT2D eigenvalue weighted by Crippen LogP contribution is -2.13. The van der Waals surface area contributed by atoms with E-state index in [-0.39, 0.29) is 0 Å². The van der Waals surface area contributed by atoms with Crippen molar-refractivity contribution in [3.8, 4) is 22.7 Å². The Morgan fingerprint density at radius 2 is 1.38 bits per heavy atom. The molecule has 0 aliphatic carbocycles. The van der Waals surface area contributed by atoms with E-state index >= 15 is 0 Å². The van der Waals surface area contributed by atoms with Crippen molar-refractivity contribution in [2.75, 3.05) is 12.4 Å². The summed E-state index contributed by atoms with van der Waals surface area (Å²) in [4.78, 5) is 9.93. The minimum atomic E-state index is 0.575. The first-order valence-corrected chi connectivity index (χ1v) is 11.1. The second kappa shape index (κ2) is 9.88. The van der Waals surface area contributed by atoms with Gasteiger partial charge in [-0.3, -0.25) is 4.57 Å². The zero-order valence-corrected chi connectivity index (χ0v) is 18.8. The summed E-state index contributed by atoms with van der Waals surface area (Å²) < 4.78 is 7.33. The summed E-state index contributed by atoms with van der Waals surface area (Å²) in [6.07, 6.45) is 2.01. The molecule has 0 bridgehead atoms. The number of benzene rings is 4. The molecule has 0 aliphatic heterocycles. The molecule has 0 unspecified atom stereocenters. The first-order chi connectivity index (χ1) is 16.8. The Kier molecular flexibility index (Phi) is 6.16. The molecule has 34 heavy (non-hydrogen) atoms. The number of aliphatic imine (C=N–C) groups is 1. The van der Waals surface area contributed by atoms with Gasteiger partial charge in [-0.25, -0.2) is 4.98 Å². The first-order valence-electron chi connectivity index (χ1n) is 11.1. The van der Waals surface area contributed by atoms with E-state index < -0.39 is 0 Å². The number of nitrogens with one attached hydrogen (secondary N) is 1. The second-order valence-corrected chi connectivity index (χ2v) is 7.68. The summed E-state index contributed by atoms with van der Waals surface area (Å²) in [5.41, 5.74) is 4.75. The summed E-state index contributed by atoms with van der Waals surface area (Å²) in [6.45, 7) is 0. The number of methoxy groups -OCH3 is 1. The molecule has 1 aromatic heterocycles. The lowest BCUT2D eigenvalue weighted by Gasteiger charge is -2.11. The van der Waals surface area contributed by atoms with Gasteiger partial charge in [0.05, 0.1) is 12.8 Å². The minimum Gasteiger partial charge on any atom is -0.497 e. The molecule has 0 amide bonds. The first kappa shape index (κ1) is 21.2. The number of para-hydroxylation sites is 1. The van der Waals surface area contributed by atoms with Crippen LogP contribution in [-0.2, 0) is 0 Å². The maximum Gasteiger partial charge on any atom is 0.236 e. The zero-order valence-electron chi connectivity index (χ0n) is 18.8. The van der Waals surface area contributed by atoms with Gasteiger partial charge in [0.25, 0.3) is 0 Å². The molecule has 0 saturated carbocycles. The Bertz CT molecular complexity index is 1380. The third kappa shape index (κ3) is 4.74. The molecule has 5 aromatic rings. The van der Waals surface area contributed by atoms with E-state index in [1.165, 1.54) is 0 Å². The number of hydrogen-bond acceptors (Lipinski definition) is 3. The molecule has 5 rings (SSSR count). The van der Waals surface area contributed by atoms with E-state index in [2.05, 4.69) is 17.4 Å². The molecule has 0 radical (unpaired) electrons. The van der Waals surface area contributed by atoms with Crippen LogP contribution >= 0.6 is 0 Å². The lowest BCUT2D eigenvalue weighted by atomic mass is 10.2. The number of amidine groups is 1. The summed E-state index contributed by atoms with van der Waals surface area (Å²) in [5, 5.41) is 3.47. The molecule has 4 aromatic carbocycles. The lowest BCUT2D eigenvalue weighted by molar-refractivity contribution is 0.415. The molecular formula is C29H24N4O.